The van der Waals surface area contributed by atoms with Crippen LogP contribution in [0.2, 0.25) is 0 Å². The van der Waals surface area contributed by atoms with Gasteiger partial charge in [-0.15, -0.1) is 0 Å². The summed E-state index contributed by atoms with van der Waals surface area (Å²) in [5.41, 5.74) is 8.11. The molecule has 3 heterocycles. The van der Waals surface area contributed by atoms with Gasteiger partial charge in [-0.05, 0) is 31.1 Å². The number of nitrogen functional groups attached to an aromatic ring is 1. The van der Waals surface area contributed by atoms with E-state index in [-0.39, 0.29) is 17.6 Å². The number of hydrogen-bond donors (Lipinski definition) is 3. The molecule has 8 heteroatoms. The van der Waals surface area contributed by atoms with Crippen LogP contribution in [0.5, 0.6) is 0 Å². The van der Waals surface area contributed by atoms with Gasteiger partial charge in [-0.2, -0.15) is 0 Å². The first-order valence-electron chi connectivity index (χ1n) is 9.52. The zero-order valence-corrected chi connectivity index (χ0v) is 15.9. The Balaban J connectivity index is 1.61. The topological polar surface area (TPSA) is 113 Å². The van der Waals surface area contributed by atoms with Crippen LogP contribution in [0, 0.1) is 5.41 Å². The first-order chi connectivity index (χ1) is 12.9. The van der Waals surface area contributed by atoms with Crippen molar-refractivity contribution in [3.8, 4) is 0 Å². The number of fused-ring (bicyclic) bond motifs is 1. The normalized spacial score (nSPS) is 22.3. The molecule has 1 atom stereocenters. The monoisotopic (exact) mass is 369 g/mol. The number of anilines is 3. The van der Waals surface area contributed by atoms with Crippen molar-refractivity contribution in [3.05, 3.63) is 29.8 Å². The van der Waals surface area contributed by atoms with E-state index in [0.717, 1.165) is 56.0 Å². The highest BCUT2D eigenvalue weighted by atomic mass is 16.3. The summed E-state index contributed by atoms with van der Waals surface area (Å²) in [7, 11) is 0. The molecule has 1 aliphatic heterocycles. The summed E-state index contributed by atoms with van der Waals surface area (Å²) >= 11 is 0. The smallest absolute Gasteiger partial charge is 0.225 e. The molecular weight excluding hydrogens is 342 g/mol. The fourth-order valence-electron chi connectivity index (χ4n) is 4.01. The Kier molecular flexibility index (Phi) is 4.59. The predicted octanol–water partition coefficient (Wildman–Crippen LogP) is 1.94. The minimum Gasteiger partial charge on any atom is -0.393 e. The van der Waals surface area contributed by atoms with Crippen LogP contribution in [0.15, 0.2) is 18.6 Å². The highest BCUT2D eigenvalue weighted by Crippen LogP contribution is 2.41. The van der Waals surface area contributed by atoms with Gasteiger partial charge in [0.1, 0.15) is 18.0 Å². The first kappa shape index (κ1) is 17.9. The number of rotatable bonds is 3. The molecule has 8 nitrogen and oxygen atoms in total. The molecule has 4 rings (SSSR count). The lowest BCUT2D eigenvalue weighted by atomic mass is 9.74. The molecule has 0 spiro atoms. The fourth-order valence-corrected chi connectivity index (χ4v) is 4.01. The third-order valence-corrected chi connectivity index (χ3v) is 5.42. The molecule has 0 radical (unpaired) electrons. The van der Waals surface area contributed by atoms with E-state index >= 15 is 0 Å². The molecule has 1 saturated heterocycles. The maximum atomic E-state index is 9.73. The molecule has 1 unspecified atom stereocenters. The van der Waals surface area contributed by atoms with Gasteiger partial charge in [0.15, 0.2) is 0 Å². The second kappa shape index (κ2) is 6.92. The lowest BCUT2D eigenvalue weighted by Gasteiger charge is -2.37. The highest BCUT2D eigenvalue weighted by molar-refractivity contribution is 5.47. The van der Waals surface area contributed by atoms with Crippen molar-refractivity contribution in [3.63, 3.8) is 0 Å². The lowest BCUT2D eigenvalue weighted by Crippen LogP contribution is -2.38. The zero-order chi connectivity index (χ0) is 19.0. The van der Waals surface area contributed by atoms with Crippen LogP contribution < -0.4 is 16.0 Å². The van der Waals surface area contributed by atoms with E-state index in [2.05, 4.69) is 39.0 Å². The van der Waals surface area contributed by atoms with Gasteiger partial charge in [0.2, 0.25) is 5.95 Å². The van der Waals surface area contributed by atoms with Crippen LogP contribution in [0.25, 0.3) is 0 Å². The fraction of sp³-hybridized carbons (Fsp3) is 0.579. The summed E-state index contributed by atoms with van der Waals surface area (Å²) in [6.07, 6.45) is 6.63. The number of aliphatic hydroxyl groups is 1. The molecule has 4 N–H and O–H groups in total. The Morgan fingerprint density at radius 3 is 2.74 bits per heavy atom. The number of hydrogen-bond acceptors (Lipinski definition) is 8. The molecule has 0 bridgehead atoms. The van der Waals surface area contributed by atoms with E-state index in [1.54, 1.807) is 6.07 Å². The Hall–Kier alpha value is -2.48. The molecule has 2 aromatic rings. The Morgan fingerprint density at radius 1 is 1.22 bits per heavy atom. The zero-order valence-electron chi connectivity index (χ0n) is 15.9. The van der Waals surface area contributed by atoms with E-state index in [1.807, 2.05) is 6.20 Å². The highest BCUT2D eigenvalue weighted by Gasteiger charge is 2.34. The molecule has 27 heavy (non-hydrogen) atoms. The second-order valence-electron chi connectivity index (χ2n) is 8.36. The molecule has 2 aromatic heterocycles. The number of aromatic nitrogens is 4. The van der Waals surface area contributed by atoms with Crippen LogP contribution in [0.1, 0.15) is 50.4 Å². The first-order valence-corrected chi connectivity index (χ1v) is 9.52. The largest absolute Gasteiger partial charge is 0.393 e. The van der Waals surface area contributed by atoms with E-state index in [9.17, 15) is 5.11 Å². The third-order valence-electron chi connectivity index (χ3n) is 5.42. The van der Waals surface area contributed by atoms with Crippen molar-refractivity contribution in [2.24, 2.45) is 5.41 Å². The minimum atomic E-state index is -0.202. The average molecular weight is 369 g/mol. The third kappa shape index (κ3) is 3.95. The standard InChI is InChI=1S/C19H27N7O/c1-19(2)8-14(24-17-7-16(20)22-11-23-17)13-10-21-18(25-15(13)9-19)26-5-3-12(27)4-6-26/h7,10-12,14,27H,3-6,8-9H2,1-2H3,(H3,20,22,23,24). The predicted molar refractivity (Wildman–Crippen MR) is 104 cm³/mol. The molecule has 1 fully saturated rings. The van der Waals surface area contributed by atoms with Crippen molar-refractivity contribution in [2.45, 2.75) is 51.7 Å². The molecule has 0 aromatic carbocycles. The minimum absolute atomic E-state index is 0.0790. The van der Waals surface area contributed by atoms with Crippen molar-refractivity contribution in [2.75, 3.05) is 29.0 Å². The molecule has 2 aliphatic rings. The average Bonchev–Trinajstić information content (AvgIpc) is 2.61. The SMILES string of the molecule is CC1(C)Cc2nc(N3CCC(O)CC3)ncc2C(Nc2cc(N)ncn2)C1. The number of piperidine rings is 1. The molecule has 144 valence electrons. The van der Waals surface area contributed by atoms with Crippen molar-refractivity contribution >= 4 is 17.6 Å². The summed E-state index contributed by atoms with van der Waals surface area (Å²) < 4.78 is 0. The van der Waals surface area contributed by atoms with Gasteiger partial charge >= 0.3 is 0 Å². The van der Waals surface area contributed by atoms with Gasteiger partial charge in [0, 0.05) is 30.9 Å². The summed E-state index contributed by atoms with van der Waals surface area (Å²) in [6, 6.07) is 1.82. The van der Waals surface area contributed by atoms with Crippen molar-refractivity contribution in [1.29, 1.82) is 0 Å². The van der Waals surface area contributed by atoms with E-state index in [0.29, 0.717) is 11.6 Å². The van der Waals surface area contributed by atoms with Gasteiger partial charge < -0.3 is 21.1 Å². The van der Waals surface area contributed by atoms with Gasteiger partial charge in [-0.25, -0.2) is 19.9 Å². The Labute approximate surface area is 159 Å². The van der Waals surface area contributed by atoms with E-state index in [4.69, 9.17) is 10.7 Å². The van der Waals surface area contributed by atoms with Gasteiger partial charge in [0.25, 0.3) is 0 Å². The summed E-state index contributed by atoms with van der Waals surface area (Å²) in [5.74, 6) is 1.93. The maximum absolute atomic E-state index is 9.73. The van der Waals surface area contributed by atoms with E-state index < -0.39 is 0 Å². The molecule has 0 saturated carbocycles. The van der Waals surface area contributed by atoms with Crippen LogP contribution in [0.4, 0.5) is 17.6 Å². The van der Waals surface area contributed by atoms with Gasteiger partial charge in [-0.1, -0.05) is 13.8 Å². The lowest BCUT2D eigenvalue weighted by molar-refractivity contribution is 0.145. The summed E-state index contributed by atoms with van der Waals surface area (Å²) in [4.78, 5) is 19.9. The second-order valence-corrected chi connectivity index (χ2v) is 8.36. The Bertz CT molecular complexity index is 817. The number of nitrogens with one attached hydrogen (secondary N) is 1. The van der Waals surface area contributed by atoms with Gasteiger partial charge in [0.05, 0.1) is 17.8 Å². The van der Waals surface area contributed by atoms with Crippen molar-refractivity contribution < 1.29 is 5.11 Å². The van der Waals surface area contributed by atoms with Crippen LogP contribution in [0.3, 0.4) is 0 Å². The van der Waals surface area contributed by atoms with Crippen LogP contribution in [-0.4, -0.2) is 44.2 Å². The number of aliphatic hydroxyl groups excluding tert-OH is 1. The van der Waals surface area contributed by atoms with Crippen molar-refractivity contribution in [1.82, 2.24) is 19.9 Å². The van der Waals surface area contributed by atoms with Crippen LogP contribution >= 0.6 is 0 Å². The Morgan fingerprint density at radius 2 is 2.00 bits per heavy atom. The molecule has 1 aliphatic carbocycles. The summed E-state index contributed by atoms with van der Waals surface area (Å²) in [6.45, 7) is 6.12. The number of nitrogens with two attached hydrogens (primary N) is 1. The maximum Gasteiger partial charge on any atom is 0.225 e. The molecule has 0 amide bonds. The van der Waals surface area contributed by atoms with Gasteiger partial charge in [-0.3, -0.25) is 0 Å². The summed E-state index contributed by atoms with van der Waals surface area (Å²) in [5, 5.41) is 13.2. The van der Waals surface area contributed by atoms with Crippen LogP contribution in [-0.2, 0) is 6.42 Å². The number of nitrogens with zero attached hydrogens (tertiary/aromatic N) is 5. The van der Waals surface area contributed by atoms with E-state index in [1.165, 1.54) is 6.33 Å². The molecular formula is C19H27N7O. The quantitative estimate of drug-likeness (QED) is 0.752.